The first-order valence-electron chi connectivity index (χ1n) is 5.26. The quantitative estimate of drug-likeness (QED) is 0.904. The third-order valence-electron chi connectivity index (χ3n) is 2.79. The lowest BCUT2D eigenvalue weighted by Crippen LogP contribution is -2.21. The Morgan fingerprint density at radius 2 is 2.39 bits per heavy atom. The average molecular weight is 314 g/mol. The molecule has 96 valence electrons. The number of carbonyl (C=O) groups is 1. The molecule has 0 fully saturated rings. The molecule has 0 aliphatic rings. The van der Waals surface area contributed by atoms with Crippen LogP contribution >= 0.6 is 15.9 Å². The predicted molar refractivity (Wildman–Crippen MR) is 69.9 cm³/mol. The fraction of sp³-hybridized carbons (Fsp3) is 0.250. The summed E-state index contributed by atoms with van der Waals surface area (Å²) in [4.78, 5) is 11.2. The summed E-state index contributed by atoms with van der Waals surface area (Å²) in [6.45, 7) is 0.0143. The van der Waals surface area contributed by atoms with Crippen molar-refractivity contribution in [2.75, 3.05) is 13.7 Å². The maximum absolute atomic E-state index is 11.2. The van der Waals surface area contributed by atoms with Gasteiger partial charge in [0.1, 0.15) is 0 Å². The van der Waals surface area contributed by atoms with E-state index >= 15 is 0 Å². The number of halogens is 1. The molecule has 0 aliphatic heterocycles. The number of nitrogens with two attached hydrogens (primary N) is 1. The first-order valence-corrected chi connectivity index (χ1v) is 6.06. The molecule has 18 heavy (non-hydrogen) atoms. The summed E-state index contributed by atoms with van der Waals surface area (Å²) in [5, 5.41) is 9.94. The van der Waals surface area contributed by atoms with E-state index in [1.807, 2.05) is 0 Å². The highest BCUT2D eigenvalue weighted by molar-refractivity contribution is 9.10. The van der Waals surface area contributed by atoms with E-state index in [1.165, 1.54) is 13.4 Å². The Hall–Kier alpha value is -1.53. The van der Waals surface area contributed by atoms with Crippen LogP contribution in [0.25, 0.3) is 11.0 Å². The third-order valence-corrected chi connectivity index (χ3v) is 3.68. The molecule has 2 aromatic rings. The van der Waals surface area contributed by atoms with Crippen molar-refractivity contribution in [3.8, 4) is 5.75 Å². The van der Waals surface area contributed by atoms with Crippen LogP contribution in [0.4, 0.5) is 0 Å². The number of hydrogen-bond acceptors (Lipinski definition) is 4. The van der Waals surface area contributed by atoms with Crippen molar-refractivity contribution in [1.29, 1.82) is 0 Å². The van der Waals surface area contributed by atoms with E-state index in [0.29, 0.717) is 21.4 Å². The second kappa shape index (κ2) is 4.99. The summed E-state index contributed by atoms with van der Waals surface area (Å²) in [7, 11) is 1.51. The normalized spacial score (nSPS) is 12.6. The van der Waals surface area contributed by atoms with Gasteiger partial charge in [0.25, 0.3) is 0 Å². The summed E-state index contributed by atoms with van der Waals surface area (Å²) < 4.78 is 11.2. The number of rotatable bonds is 4. The van der Waals surface area contributed by atoms with Crippen LogP contribution in [-0.2, 0) is 4.79 Å². The predicted octanol–water partition coefficient (Wildman–Crippen LogP) is 2.33. The molecular formula is C12H12BrNO4. The average Bonchev–Trinajstić information content (AvgIpc) is 2.82. The van der Waals surface area contributed by atoms with Crippen molar-refractivity contribution >= 4 is 32.9 Å². The van der Waals surface area contributed by atoms with Gasteiger partial charge in [-0.3, -0.25) is 4.79 Å². The lowest BCUT2D eigenvalue weighted by atomic mass is 9.98. The van der Waals surface area contributed by atoms with Crippen molar-refractivity contribution in [2.24, 2.45) is 5.73 Å². The summed E-state index contributed by atoms with van der Waals surface area (Å²) in [6, 6.07) is 3.39. The van der Waals surface area contributed by atoms with Gasteiger partial charge in [0.15, 0.2) is 11.3 Å². The molecule has 1 aromatic heterocycles. The van der Waals surface area contributed by atoms with Crippen LogP contribution in [0, 0.1) is 0 Å². The Balaban J connectivity index is 2.70. The molecule has 3 N–H and O–H groups in total. The van der Waals surface area contributed by atoms with Crippen LogP contribution in [0.5, 0.6) is 5.75 Å². The van der Waals surface area contributed by atoms with Crippen LogP contribution in [0.1, 0.15) is 11.5 Å². The maximum Gasteiger partial charge on any atom is 0.312 e. The van der Waals surface area contributed by atoms with Gasteiger partial charge in [0.05, 0.1) is 19.3 Å². The van der Waals surface area contributed by atoms with Gasteiger partial charge >= 0.3 is 5.97 Å². The molecule has 6 heteroatoms. The molecule has 1 aromatic carbocycles. The largest absolute Gasteiger partial charge is 0.493 e. The number of hydrogen-bond donors (Lipinski definition) is 2. The van der Waals surface area contributed by atoms with Crippen LogP contribution in [0.15, 0.2) is 27.3 Å². The molecule has 1 heterocycles. The molecule has 5 nitrogen and oxygen atoms in total. The zero-order valence-electron chi connectivity index (χ0n) is 9.64. The molecule has 0 amide bonds. The number of fused-ring (bicyclic) bond motifs is 1. The van der Waals surface area contributed by atoms with E-state index in [0.717, 1.165) is 5.39 Å². The number of carboxylic acid groups (broad SMARTS) is 1. The molecule has 2 rings (SSSR count). The van der Waals surface area contributed by atoms with Crippen molar-refractivity contribution in [1.82, 2.24) is 0 Å². The highest BCUT2D eigenvalue weighted by atomic mass is 79.9. The number of methoxy groups -OCH3 is 1. The number of aliphatic carboxylic acids is 1. The number of benzene rings is 1. The Kier molecular flexibility index (Phi) is 3.58. The van der Waals surface area contributed by atoms with E-state index in [9.17, 15) is 9.90 Å². The highest BCUT2D eigenvalue weighted by Crippen LogP contribution is 2.38. The summed E-state index contributed by atoms with van der Waals surface area (Å²) >= 11 is 3.40. The van der Waals surface area contributed by atoms with Gasteiger partial charge < -0.3 is 20.0 Å². The number of furan rings is 1. The fourth-order valence-corrected chi connectivity index (χ4v) is 2.57. The van der Waals surface area contributed by atoms with Gasteiger partial charge in [-0.15, -0.1) is 0 Å². The molecule has 0 radical (unpaired) electrons. The molecule has 0 spiro atoms. The second-order valence-corrected chi connectivity index (χ2v) is 4.56. The zero-order chi connectivity index (χ0) is 13.3. The molecule has 1 atom stereocenters. The van der Waals surface area contributed by atoms with Crippen molar-refractivity contribution in [2.45, 2.75) is 5.92 Å². The topological polar surface area (TPSA) is 85.7 Å². The molecular weight excluding hydrogens is 302 g/mol. The minimum atomic E-state index is -0.969. The van der Waals surface area contributed by atoms with Gasteiger partial charge in [-0.25, -0.2) is 0 Å². The molecule has 0 saturated heterocycles. The minimum absolute atomic E-state index is 0.0143. The van der Waals surface area contributed by atoms with E-state index < -0.39 is 11.9 Å². The minimum Gasteiger partial charge on any atom is -0.493 e. The van der Waals surface area contributed by atoms with Crippen molar-refractivity contribution in [3.63, 3.8) is 0 Å². The molecule has 1 unspecified atom stereocenters. The SMILES string of the molecule is COc1cc(C(CN)C(=O)O)c(Br)c2ccoc12. The maximum atomic E-state index is 11.2. The van der Waals surface area contributed by atoms with Gasteiger partial charge in [0, 0.05) is 16.4 Å². The van der Waals surface area contributed by atoms with E-state index in [-0.39, 0.29) is 6.54 Å². The van der Waals surface area contributed by atoms with Crippen LogP contribution in [-0.4, -0.2) is 24.7 Å². The Morgan fingerprint density at radius 1 is 1.67 bits per heavy atom. The third kappa shape index (κ3) is 1.97. The monoisotopic (exact) mass is 313 g/mol. The Labute approximate surface area is 112 Å². The molecule has 0 bridgehead atoms. The highest BCUT2D eigenvalue weighted by Gasteiger charge is 2.24. The smallest absolute Gasteiger partial charge is 0.312 e. The fourth-order valence-electron chi connectivity index (χ4n) is 1.86. The van der Waals surface area contributed by atoms with Crippen molar-refractivity contribution in [3.05, 3.63) is 28.4 Å². The molecule has 0 aliphatic carbocycles. The molecule has 0 saturated carbocycles. The van der Waals surface area contributed by atoms with E-state index in [1.54, 1.807) is 12.1 Å². The van der Waals surface area contributed by atoms with E-state index in [4.69, 9.17) is 14.9 Å². The second-order valence-electron chi connectivity index (χ2n) is 3.77. The summed E-state index contributed by atoms with van der Waals surface area (Å²) in [6.07, 6.45) is 1.53. The van der Waals surface area contributed by atoms with Crippen LogP contribution in [0.3, 0.4) is 0 Å². The summed E-state index contributed by atoms with van der Waals surface area (Å²) in [5.41, 5.74) is 6.68. The van der Waals surface area contributed by atoms with Crippen molar-refractivity contribution < 1.29 is 19.1 Å². The standard InChI is InChI=1S/C12H12BrNO4/c1-17-9-4-7(8(5-14)12(15)16)10(13)6-2-3-18-11(6)9/h2-4,8H,5,14H2,1H3,(H,15,16). The van der Waals surface area contributed by atoms with Gasteiger partial charge in [-0.05, 0) is 33.6 Å². The van der Waals surface area contributed by atoms with Gasteiger partial charge in [-0.2, -0.15) is 0 Å². The summed E-state index contributed by atoms with van der Waals surface area (Å²) in [5.74, 6) is -1.26. The van der Waals surface area contributed by atoms with Crippen LogP contribution < -0.4 is 10.5 Å². The van der Waals surface area contributed by atoms with Gasteiger partial charge in [-0.1, -0.05) is 0 Å². The number of carboxylic acids is 1. The van der Waals surface area contributed by atoms with Gasteiger partial charge in [0.2, 0.25) is 0 Å². The van der Waals surface area contributed by atoms with Crippen LogP contribution in [0.2, 0.25) is 0 Å². The lowest BCUT2D eigenvalue weighted by Gasteiger charge is -2.14. The number of ether oxygens (including phenoxy) is 1. The Bertz CT molecular complexity index is 593. The lowest BCUT2D eigenvalue weighted by molar-refractivity contribution is -0.138. The zero-order valence-corrected chi connectivity index (χ0v) is 11.2. The first kappa shape index (κ1) is 12.9. The van der Waals surface area contributed by atoms with E-state index in [2.05, 4.69) is 15.9 Å². The Morgan fingerprint density at radius 3 is 2.94 bits per heavy atom. The first-order chi connectivity index (χ1) is 8.60.